The van der Waals surface area contributed by atoms with Crippen molar-refractivity contribution < 1.29 is 4.79 Å². The second kappa shape index (κ2) is 8.41. The van der Waals surface area contributed by atoms with Crippen LogP contribution >= 0.6 is 11.8 Å². The molecule has 1 aromatic carbocycles. The van der Waals surface area contributed by atoms with Gasteiger partial charge in [-0.2, -0.15) is 5.10 Å². The van der Waals surface area contributed by atoms with E-state index in [2.05, 4.69) is 32.1 Å². The van der Waals surface area contributed by atoms with Crippen molar-refractivity contribution in [3.05, 3.63) is 47.5 Å². The smallest absolute Gasteiger partial charge is 0.225 e. The summed E-state index contributed by atoms with van der Waals surface area (Å²) >= 11 is 1.59. The minimum atomic E-state index is -0.0127. The Morgan fingerprint density at radius 2 is 1.97 bits per heavy atom. The normalized spacial score (nSPS) is 13.6. The molecule has 0 aliphatic heterocycles. The molecule has 0 atom stereocenters. The maximum atomic E-state index is 12.5. The molecule has 0 unspecified atom stereocenters. The van der Waals surface area contributed by atoms with Crippen LogP contribution in [0.2, 0.25) is 0 Å². The van der Waals surface area contributed by atoms with E-state index in [1.807, 2.05) is 48.9 Å². The van der Waals surface area contributed by atoms with Crippen LogP contribution in [0.3, 0.4) is 0 Å². The van der Waals surface area contributed by atoms with E-state index < -0.39 is 0 Å². The first kappa shape index (κ1) is 19.7. The minimum absolute atomic E-state index is 0.0127. The van der Waals surface area contributed by atoms with E-state index in [1.54, 1.807) is 11.8 Å². The highest BCUT2D eigenvalue weighted by molar-refractivity contribution is 7.99. The van der Waals surface area contributed by atoms with Crippen molar-refractivity contribution in [2.45, 2.75) is 57.7 Å². The summed E-state index contributed by atoms with van der Waals surface area (Å²) in [5.74, 6) is 2.33. The van der Waals surface area contributed by atoms with Gasteiger partial charge in [-0.3, -0.25) is 4.79 Å². The summed E-state index contributed by atoms with van der Waals surface area (Å²) in [6.07, 6.45) is 2.83. The van der Waals surface area contributed by atoms with Crippen LogP contribution in [0.1, 0.15) is 49.3 Å². The molecule has 1 fully saturated rings. The largest absolute Gasteiger partial charge is 0.323 e. The Morgan fingerprint density at radius 3 is 2.66 bits per heavy atom. The Hall–Kier alpha value is -2.61. The Kier molecular flexibility index (Phi) is 5.71. The number of carbonyl (C=O) groups excluding carboxylic acids is 1. The first-order chi connectivity index (χ1) is 14.1. The van der Waals surface area contributed by atoms with Gasteiger partial charge in [-0.1, -0.05) is 30.0 Å². The number of para-hydroxylation sites is 1. The molecule has 0 bridgehead atoms. The monoisotopic (exact) mass is 410 g/mol. The van der Waals surface area contributed by atoms with Crippen LogP contribution in [-0.4, -0.2) is 36.2 Å². The van der Waals surface area contributed by atoms with Crippen LogP contribution in [0.4, 0.5) is 5.69 Å². The molecule has 0 saturated heterocycles. The number of rotatable bonds is 8. The van der Waals surface area contributed by atoms with E-state index >= 15 is 0 Å². The van der Waals surface area contributed by atoms with Crippen LogP contribution in [0.15, 0.2) is 35.5 Å². The number of nitrogens with zero attached hydrogens (tertiary/aromatic N) is 5. The zero-order chi connectivity index (χ0) is 20.4. The van der Waals surface area contributed by atoms with Gasteiger partial charge >= 0.3 is 0 Å². The number of nitrogens with one attached hydrogen (secondary N) is 1. The number of carbonyl (C=O) groups is 1. The van der Waals surface area contributed by atoms with Crippen molar-refractivity contribution in [1.29, 1.82) is 0 Å². The van der Waals surface area contributed by atoms with Gasteiger partial charge in [0.25, 0.3) is 0 Å². The van der Waals surface area contributed by atoms with Crippen molar-refractivity contribution in [2.75, 3.05) is 11.1 Å². The van der Waals surface area contributed by atoms with Crippen LogP contribution in [0, 0.1) is 13.8 Å². The van der Waals surface area contributed by atoms with Gasteiger partial charge in [0.1, 0.15) is 5.82 Å². The predicted octanol–water partition coefficient (Wildman–Crippen LogP) is 4.10. The third-order valence-electron chi connectivity index (χ3n) is 5.12. The molecule has 4 rings (SSSR count). The van der Waals surface area contributed by atoms with Crippen LogP contribution in [-0.2, 0) is 11.3 Å². The number of anilines is 1. The fraction of sp³-hybridized carbons (Fsp3) is 0.429. The number of hydrogen-bond donors (Lipinski definition) is 1. The molecule has 0 spiro atoms. The lowest BCUT2D eigenvalue weighted by atomic mass is 10.3. The lowest BCUT2D eigenvalue weighted by Gasteiger charge is -2.08. The van der Waals surface area contributed by atoms with Crippen molar-refractivity contribution in [1.82, 2.24) is 24.5 Å². The Labute approximate surface area is 174 Å². The lowest BCUT2D eigenvalue weighted by Crippen LogP contribution is -2.14. The Balaban J connectivity index is 1.36. The molecule has 3 aromatic rings. The van der Waals surface area contributed by atoms with Crippen molar-refractivity contribution in [3.63, 3.8) is 0 Å². The van der Waals surface area contributed by atoms with Crippen molar-refractivity contribution in [2.24, 2.45) is 0 Å². The highest BCUT2D eigenvalue weighted by atomic mass is 32.2. The third kappa shape index (κ3) is 4.22. The number of aryl methyl sites for hydroxylation is 1. The van der Waals surface area contributed by atoms with Gasteiger partial charge in [-0.15, -0.1) is 10.2 Å². The topological polar surface area (TPSA) is 77.6 Å². The fourth-order valence-electron chi connectivity index (χ4n) is 3.43. The lowest BCUT2D eigenvalue weighted by molar-refractivity contribution is -0.115. The van der Waals surface area contributed by atoms with Crippen molar-refractivity contribution in [3.8, 4) is 5.69 Å². The van der Waals surface area contributed by atoms with Gasteiger partial charge in [0.05, 0.1) is 22.8 Å². The zero-order valence-electron chi connectivity index (χ0n) is 17.1. The molecule has 1 aliphatic rings. The van der Waals surface area contributed by atoms with E-state index in [0.29, 0.717) is 18.1 Å². The number of thioether (sulfide) groups is 1. The van der Waals surface area contributed by atoms with Crippen molar-refractivity contribution >= 4 is 23.4 Å². The Morgan fingerprint density at radius 1 is 1.21 bits per heavy atom. The van der Waals surface area contributed by atoms with Crippen LogP contribution in [0.25, 0.3) is 5.69 Å². The maximum absolute atomic E-state index is 12.5. The predicted molar refractivity (Wildman–Crippen MR) is 115 cm³/mol. The van der Waals surface area contributed by atoms with Crippen LogP contribution in [0.5, 0.6) is 0 Å². The quantitative estimate of drug-likeness (QED) is 0.566. The molecule has 1 aliphatic carbocycles. The molecule has 1 amide bonds. The highest BCUT2D eigenvalue weighted by Gasteiger charge is 2.30. The maximum Gasteiger partial charge on any atom is 0.225 e. The van der Waals surface area contributed by atoms with E-state index in [0.717, 1.165) is 40.3 Å². The molecule has 7 nitrogen and oxygen atoms in total. The van der Waals surface area contributed by atoms with Gasteiger partial charge in [0.2, 0.25) is 5.91 Å². The Bertz CT molecular complexity index is 1010. The first-order valence-electron chi connectivity index (χ1n) is 10.1. The van der Waals surface area contributed by atoms with Crippen LogP contribution < -0.4 is 5.32 Å². The second-order valence-corrected chi connectivity index (χ2v) is 8.36. The summed E-state index contributed by atoms with van der Waals surface area (Å²) in [7, 11) is 0. The first-order valence-corrected chi connectivity index (χ1v) is 11.0. The van der Waals surface area contributed by atoms with Gasteiger partial charge in [0.15, 0.2) is 5.16 Å². The summed E-state index contributed by atoms with van der Waals surface area (Å²) in [4.78, 5) is 12.5. The fourth-order valence-corrected chi connectivity index (χ4v) is 4.38. The molecule has 29 heavy (non-hydrogen) atoms. The number of amides is 1. The highest BCUT2D eigenvalue weighted by Crippen LogP contribution is 2.40. The van der Waals surface area contributed by atoms with Gasteiger partial charge < -0.3 is 9.88 Å². The summed E-state index contributed by atoms with van der Waals surface area (Å²) in [6, 6.07) is 9.93. The van der Waals surface area contributed by atoms with Gasteiger partial charge in [-0.05, 0) is 45.7 Å². The number of hydrogen-bond acceptors (Lipinski definition) is 5. The van der Waals surface area contributed by atoms with Gasteiger partial charge in [0, 0.05) is 24.6 Å². The molecular formula is C21H26N6OS. The van der Waals surface area contributed by atoms with E-state index in [4.69, 9.17) is 0 Å². The summed E-state index contributed by atoms with van der Waals surface area (Å²) in [5, 5.41) is 17.2. The SMILES string of the molecule is CCn1c(SCCC(=O)Nc2c(C)nn(-c3ccccc3)c2C)nnc1C1CC1. The third-order valence-corrected chi connectivity index (χ3v) is 6.09. The molecule has 1 N–H and O–H groups in total. The molecular weight excluding hydrogens is 384 g/mol. The van der Waals surface area contributed by atoms with E-state index in [-0.39, 0.29) is 5.91 Å². The number of benzene rings is 1. The zero-order valence-corrected chi connectivity index (χ0v) is 17.9. The molecule has 8 heteroatoms. The summed E-state index contributed by atoms with van der Waals surface area (Å²) < 4.78 is 4.04. The number of aromatic nitrogens is 5. The minimum Gasteiger partial charge on any atom is -0.323 e. The molecule has 2 aromatic heterocycles. The molecule has 1 saturated carbocycles. The van der Waals surface area contributed by atoms with E-state index in [9.17, 15) is 4.79 Å². The molecule has 152 valence electrons. The average molecular weight is 411 g/mol. The second-order valence-electron chi connectivity index (χ2n) is 7.30. The van der Waals surface area contributed by atoms with Gasteiger partial charge in [-0.25, -0.2) is 4.68 Å². The molecule has 2 heterocycles. The molecule has 0 radical (unpaired) electrons. The van der Waals surface area contributed by atoms with E-state index in [1.165, 1.54) is 12.8 Å². The summed E-state index contributed by atoms with van der Waals surface area (Å²) in [6.45, 7) is 6.87. The standard InChI is InChI=1S/C21H26N6OS/c1-4-26-20(16-10-11-16)23-24-21(26)29-13-12-18(28)22-19-14(2)25-27(15(19)3)17-8-6-5-7-9-17/h5-9,16H,4,10-13H2,1-3H3,(H,22,28). The average Bonchev–Trinajstić information content (AvgIpc) is 3.44. The summed E-state index contributed by atoms with van der Waals surface area (Å²) in [5.41, 5.74) is 3.51.